The summed E-state index contributed by atoms with van der Waals surface area (Å²) in [5.74, 6) is 0.880. The van der Waals surface area contributed by atoms with Crippen LogP contribution in [0.1, 0.15) is 25.7 Å². The summed E-state index contributed by atoms with van der Waals surface area (Å²) in [5.41, 5.74) is 3.99. The lowest BCUT2D eigenvalue weighted by Crippen LogP contribution is -3.00. The summed E-state index contributed by atoms with van der Waals surface area (Å²) in [6.45, 7) is 4.58. The summed E-state index contributed by atoms with van der Waals surface area (Å²) in [7, 11) is 0. The molecule has 2 fully saturated rings. The van der Waals surface area contributed by atoms with Gasteiger partial charge in [0.1, 0.15) is 24.3 Å². The Labute approximate surface area is 153 Å². The van der Waals surface area contributed by atoms with Crippen molar-refractivity contribution in [2.45, 2.75) is 25.7 Å². The van der Waals surface area contributed by atoms with Crippen molar-refractivity contribution in [2.75, 3.05) is 31.1 Å². The predicted octanol–water partition coefficient (Wildman–Crippen LogP) is 0.103. The van der Waals surface area contributed by atoms with Gasteiger partial charge in [-0.3, -0.25) is 0 Å². The number of aromatic nitrogens is 1. The van der Waals surface area contributed by atoms with E-state index in [4.69, 9.17) is 9.40 Å². The second kappa shape index (κ2) is 6.68. The van der Waals surface area contributed by atoms with Gasteiger partial charge < -0.3 is 21.7 Å². The SMILES string of the molecule is [Cl-].c1cc2nc3ccc(=[N+]4CCCC4)cc-3oc2cc1N1CCCC1. The van der Waals surface area contributed by atoms with Crippen LogP contribution in [-0.2, 0) is 0 Å². The van der Waals surface area contributed by atoms with E-state index >= 15 is 0 Å². The van der Waals surface area contributed by atoms with E-state index in [9.17, 15) is 0 Å². The monoisotopic (exact) mass is 355 g/mol. The molecule has 0 saturated carbocycles. The number of hydrogen-bond acceptors (Lipinski definition) is 3. The Balaban J connectivity index is 0.00000157. The van der Waals surface area contributed by atoms with E-state index in [0.29, 0.717) is 0 Å². The summed E-state index contributed by atoms with van der Waals surface area (Å²) in [6.07, 6.45) is 5.13. The van der Waals surface area contributed by atoms with Crippen LogP contribution in [0.15, 0.2) is 40.8 Å². The van der Waals surface area contributed by atoms with Gasteiger partial charge in [-0.25, -0.2) is 9.56 Å². The largest absolute Gasteiger partial charge is 1.00 e. The molecule has 25 heavy (non-hydrogen) atoms. The molecule has 3 heterocycles. The Morgan fingerprint density at radius 1 is 0.920 bits per heavy atom. The van der Waals surface area contributed by atoms with Gasteiger partial charge in [0, 0.05) is 43.8 Å². The third-order valence-electron chi connectivity index (χ3n) is 5.29. The standard InChI is InChI=1S/C20H22N3O.ClH/c1-2-10-22(9-1)15-5-7-17-19(13-15)24-20-14-16(6-8-18(20)21-17)23-11-3-4-12-23;/h5-8,13-14H,1-4,9-12H2;1H/q+1;/p-1. The Hall–Kier alpha value is -2.07. The molecular formula is C20H22ClN3O. The lowest BCUT2D eigenvalue weighted by Gasteiger charge is -2.17. The van der Waals surface area contributed by atoms with Gasteiger partial charge >= 0.3 is 0 Å². The van der Waals surface area contributed by atoms with E-state index < -0.39 is 0 Å². The Kier molecular flexibility index (Phi) is 4.38. The second-order valence-corrected chi connectivity index (χ2v) is 6.91. The normalized spacial score (nSPS) is 17.4. The van der Waals surface area contributed by atoms with Crippen LogP contribution in [0.4, 0.5) is 5.69 Å². The molecular weight excluding hydrogens is 334 g/mol. The number of fused-ring (bicyclic) bond motifs is 2. The molecule has 1 aliphatic carbocycles. The molecule has 0 unspecified atom stereocenters. The number of anilines is 1. The van der Waals surface area contributed by atoms with E-state index in [1.165, 1.54) is 36.7 Å². The van der Waals surface area contributed by atoms with Gasteiger partial charge in [0.05, 0.1) is 6.07 Å². The van der Waals surface area contributed by atoms with E-state index in [1.807, 2.05) is 0 Å². The lowest BCUT2D eigenvalue weighted by atomic mass is 10.2. The fourth-order valence-corrected chi connectivity index (χ4v) is 3.95. The Bertz CT molecular complexity index is 935. The van der Waals surface area contributed by atoms with E-state index in [2.05, 4.69) is 45.9 Å². The minimum atomic E-state index is 0. The maximum absolute atomic E-state index is 6.23. The van der Waals surface area contributed by atoms with Crippen molar-refractivity contribution < 1.29 is 16.8 Å². The molecule has 4 aliphatic rings. The van der Waals surface area contributed by atoms with Gasteiger partial charge in [-0.15, -0.1) is 0 Å². The second-order valence-electron chi connectivity index (χ2n) is 6.91. The number of benzene rings is 2. The molecule has 5 heteroatoms. The predicted molar refractivity (Wildman–Crippen MR) is 96.3 cm³/mol. The first kappa shape index (κ1) is 16.4. The van der Waals surface area contributed by atoms with Gasteiger partial charge in [-0.05, 0) is 31.0 Å². The summed E-state index contributed by atoms with van der Waals surface area (Å²) < 4.78 is 8.66. The van der Waals surface area contributed by atoms with Crippen LogP contribution in [0.25, 0.3) is 22.6 Å². The van der Waals surface area contributed by atoms with Crippen LogP contribution in [0.5, 0.6) is 0 Å². The molecule has 4 nitrogen and oxygen atoms in total. The highest BCUT2D eigenvalue weighted by Crippen LogP contribution is 2.28. The van der Waals surface area contributed by atoms with Crippen molar-refractivity contribution in [2.24, 2.45) is 0 Å². The number of nitrogens with zero attached hydrogens (tertiary/aromatic N) is 3. The minimum Gasteiger partial charge on any atom is -1.00 e. The third-order valence-corrected chi connectivity index (χ3v) is 5.29. The van der Waals surface area contributed by atoms with Crippen molar-refractivity contribution in [3.63, 3.8) is 0 Å². The van der Waals surface area contributed by atoms with Gasteiger partial charge in [0.15, 0.2) is 11.3 Å². The summed E-state index contributed by atoms with van der Waals surface area (Å²) in [6, 6.07) is 12.8. The van der Waals surface area contributed by atoms with Gasteiger partial charge in [-0.2, -0.15) is 0 Å². The van der Waals surface area contributed by atoms with Crippen LogP contribution in [0.3, 0.4) is 0 Å². The molecule has 0 amide bonds. The number of rotatable bonds is 1. The number of hydrogen-bond donors (Lipinski definition) is 0. The molecule has 0 bridgehead atoms. The van der Waals surface area contributed by atoms with E-state index in [-0.39, 0.29) is 12.4 Å². The van der Waals surface area contributed by atoms with Crippen LogP contribution < -0.4 is 27.2 Å². The zero-order valence-corrected chi connectivity index (χ0v) is 15.0. The molecule has 5 rings (SSSR count). The molecule has 3 aliphatic heterocycles. The first-order valence-electron chi connectivity index (χ1n) is 9.04. The zero-order valence-electron chi connectivity index (χ0n) is 14.2. The number of halogens is 1. The fourth-order valence-electron chi connectivity index (χ4n) is 3.95. The van der Waals surface area contributed by atoms with Gasteiger partial charge in [-0.1, -0.05) is 0 Å². The first-order valence-corrected chi connectivity index (χ1v) is 9.04. The smallest absolute Gasteiger partial charge is 0.203 e. The minimum absolute atomic E-state index is 0. The van der Waals surface area contributed by atoms with Crippen molar-refractivity contribution in [1.29, 1.82) is 0 Å². The van der Waals surface area contributed by atoms with E-state index in [0.717, 1.165) is 48.7 Å². The molecule has 0 spiro atoms. The molecule has 1 aromatic rings. The van der Waals surface area contributed by atoms with Crippen LogP contribution >= 0.6 is 0 Å². The van der Waals surface area contributed by atoms with Crippen LogP contribution in [0.2, 0.25) is 0 Å². The fraction of sp³-hybridized carbons (Fsp3) is 0.400. The van der Waals surface area contributed by atoms with Gasteiger partial charge in [0.25, 0.3) is 0 Å². The average Bonchev–Trinajstić information content (AvgIpc) is 3.32. The highest BCUT2D eigenvalue weighted by atomic mass is 35.5. The van der Waals surface area contributed by atoms with Crippen LogP contribution in [-0.4, -0.2) is 31.2 Å². The van der Waals surface area contributed by atoms with Crippen molar-refractivity contribution in [3.05, 3.63) is 41.8 Å². The van der Waals surface area contributed by atoms with Crippen LogP contribution in [0, 0.1) is 0 Å². The Morgan fingerprint density at radius 2 is 1.72 bits per heavy atom. The average molecular weight is 356 g/mol. The molecule has 0 N–H and O–H groups in total. The molecule has 1 aromatic carbocycles. The quantitative estimate of drug-likeness (QED) is 0.458. The summed E-state index contributed by atoms with van der Waals surface area (Å²) >= 11 is 0. The molecule has 0 radical (unpaired) electrons. The first-order chi connectivity index (χ1) is 11.9. The topological polar surface area (TPSA) is 32.3 Å². The van der Waals surface area contributed by atoms with Gasteiger partial charge in [0.2, 0.25) is 5.36 Å². The van der Waals surface area contributed by atoms with Crippen molar-refractivity contribution >= 4 is 16.8 Å². The van der Waals surface area contributed by atoms with Crippen molar-refractivity contribution in [1.82, 2.24) is 9.56 Å². The Morgan fingerprint density at radius 3 is 2.52 bits per heavy atom. The highest BCUT2D eigenvalue weighted by Gasteiger charge is 2.17. The third kappa shape index (κ3) is 2.99. The molecule has 0 aromatic heterocycles. The summed E-state index contributed by atoms with van der Waals surface area (Å²) in [5, 5.41) is 1.25. The molecule has 0 atom stereocenters. The lowest BCUT2D eigenvalue weighted by molar-refractivity contribution is -0.00000531. The molecule has 130 valence electrons. The summed E-state index contributed by atoms with van der Waals surface area (Å²) in [4.78, 5) is 7.21. The van der Waals surface area contributed by atoms with E-state index in [1.54, 1.807) is 0 Å². The highest BCUT2D eigenvalue weighted by molar-refractivity contribution is 5.80. The molecule has 2 saturated heterocycles. The maximum Gasteiger partial charge on any atom is 0.203 e. The van der Waals surface area contributed by atoms with Crippen molar-refractivity contribution in [3.8, 4) is 11.5 Å². The zero-order chi connectivity index (χ0) is 15.9. The maximum atomic E-state index is 6.23.